The molecule has 7 heteroatoms. The molecule has 21 heavy (non-hydrogen) atoms. The van der Waals surface area contributed by atoms with Crippen LogP contribution in [0.25, 0.3) is 0 Å². The summed E-state index contributed by atoms with van der Waals surface area (Å²) in [5, 5.41) is 2.95. The lowest BCUT2D eigenvalue weighted by Gasteiger charge is -2.14. The van der Waals surface area contributed by atoms with Crippen LogP contribution in [-0.2, 0) is 22.6 Å². The molecule has 0 fully saturated rings. The van der Waals surface area contributed by atoms with Crippen molar-refractivity contribution in [1.29, 1.82) is 0 Å². The third-order valence-electron chi connectivity index (χ3n) is 2.83. The highest BCUT2D eigenvalue weighted by Gasteiger charge is 2.19. The van der Waals surface area contributed by atoms with E-state index in [0.717, 1.165) is 11.3 Å². The molecule has 1 heterocycles. The van der Waals surface area contributed by atoms with E-state index in [0.29, 0.717) is 13.0 Å². The van der Waals surface area contributed by atoms with Gasteiger partial charge in [0.15, 0.2) is 0 Å². The average molecular weight is 332 g/mol. The second-order valence-electron chi connectivity index (χ2n) is 4.20. The van der Waals surface area contributed by atoms with E-state index in [1.54, 1.807) is 19.6 Å². The number of nitrogens with one attached hydrogen (secondary N) is 2. The second kappa shape index (κ2) is 10.2. The van der Waals surface area contributed by atoms with Gasteiger partial charge in [-0.3, -0.25) is 4.79 Å². The van der Waals surface area contributed by atoms with Crippen LogP contribution < -0.4 is 5.32 Å². The highest BCUT2D eigenvalue weighted by atomic mass is 35.5. The minimum absolute atomic E-state index is 0. The number of hydrogen-bond donors (Lipinski definition) is 2. The summed E-state index contributed by atoms with van der Waals surface area (Å²) in [7, 11) is 1.74. The largest absolute Gasteiger partial charge is 0.460 e. The minimum Gasteiger partial charge on any atom is -0.460 e. The molecule has 2 N–H and O–H groups in total. The number of halogens is 2. The number of carbonyl (C=O) groups excluding carboxylic acids is 1. The van der Waals surface area contributed by atoms with Gasteiger partial charge in [-0.1, -0.05) is 30.3 Å². The number of nitrogens with zero attached hydrogens (tertiary/aromatic N) is 1. The Morgan fingerprint density at radius 2 is 2.05 bits per heavy atom. The van der Waals surface area contributed by atoms with Gasteiger partial charge in [-0.25, -0.2) is 4.98 Å². The van der Waals surface area contributed by atoms with Gasteiger partial charge in [0, 0.05) is 12.6 Å². The fourth-order valence-corrected chi connectivity index (χ4v) is 1.74. The van der Waals surface area contributed by atoms with E-state index in [1.807, 2.05) is 30.3 Å². The van der Waals surface area contributed by atoms with Gasteiger partial charge in [-0.15, -0.1) is 24.8 Å². The van der Waals surface area contributed by atoms with Gasteiger partial charge in [0.1, 0.15) is 12.6 Å². The summed E-state index contributed by atoms with van der Waals surface area (Å²) in [6, 6.07) is 9.24. The molecule has 1 atom stereocenters. The van der Waals surface area contributed by atoms with Gasteiger partial charge >= 0.3 is 5.97 Å². The van der Waals surface area contributed by atoms with E-state index >= 15 is 0 Å². The van der Waals surface area contributed by atoms with Gasteiger partial charge in [-0.05, 0) is 12.6 Å². The number of rotatable bonds is 6. The van der Waals surface area contributed by atoms with Gasteiger partial charge in [0.25, 0.3) is 0 Å². The molecule has 0 unspecified atom stereocenters. The standard InChI is InChI=1S/C14H17N3O2.2ClH/c1-15-13(7-12-8-16-10-17-12)14(18)19-9-11-5-3-2-4-6-11;;/h2-6,8,10,13,15H,7,9H2,1H3,(H,16,17);2*1H/t13-;;/m0../s1. The van der Waals surface area contributed by atoms with Gasteiger partial charge in [0.05, 0.1) is 12.0 Å². The Bertz CT molecular complexity index is 506. The summed E-state index contributed by atoms with van der Waals surface area (Å²) in [6.45, 7) is 0.290. The highest BCUT2D eigenvalue weighted by molar-refractivity contribution is 5.85. The van der Waals surface area contributed by atoms with E-state index in [1.165, 1.54) is 0 Å². The molecule has 2 aromatic rings. The van der Waals surface area contributed by atoms with E-state index in [9.17, 15) is 4.79 Å². The zero-order chi connectivity index (χ0) is 13.5. The van der Waals surface area contributed by atoms with Crippen LogP contribution in [0.4, 0.5) is 0 Å². The molecular formula is C14H19Cl2N3O2. The summed E-state index contributed by atoms with van der Waals surface area (Å²) in [5.74, 6) is -0.269. The lowest BCUT2D eigenvalue weighted by Crippen LogP contribution is -2.37. The first kappa shape index (κ1) is 19.4. The van der Waals surface area contributed by atoms with E-state index in [-0.39, 0.29) is 36.8 Å². The maximum absolute atomic E-state index is 12.0. The van der Waals surface area contributed by atoms with Crippen LogP contribution in [0, 0.1) is 0 Å². The van der Waals surface area contributed by atoms with Crippen LogP contribution >= 0.6 is 24.8 Å². The molecule has 0 aliphatic rings. The zero-order valence-electron chi connectivity index (χ0n) is 11.6. The second-order valence-corrected chi connectivity index (χ2v) is 4.20. The number of carbonyl (C=O) groups is 1. The quantitative estimate of drug-likeness (QED) is 0.796. The topological polar surface area (TPSA) is 67.0 Å². The van der Waals surface area contributed by atoms with E-state index in [2.05, 4.69) is 15.3 Å². The molecule has 1 aromatic carbocycles. The lowest BCUT2D eigenvalue weighted by atomic mass is 10.1. The molecular weight excluding hydrogens is 313 g/mol. The number of imidazole rings is 1. The monoisotopic (exact) mass is 331 g/mol. The minimum atomic E-state index is -0.382. The summed E-state index contributed by atoms with van der Waals surface area (Å²) in [5.41, 5.74) is 1.81. The Morgan fingerprint density at radius 1 is 1.33 bits per heavy atom. The fraction of sp³-hybridized carbons (Fsp3) is 0.286. The van der Waals surface area contributed by atoms with Gasteiger partial charge < -0.3 is 15.0 Å². The van der Waals surface area contributed by atoms with Crippen molar-refractivity contribution in [3.05, 3.63) is 54.1 Å². The molecule has 0 saturated heterocycles. The van der Waals surface area contributed by atoms with Crippen LogP contribution in [0.5, 0.6) is 0 Å². The lowest BCUT2D eigenvalue weighted by molar-refractivity contribution is -0.147. The van der Waals surface area contributed by atoms with E-state index in [4.69, 9.17) is 4.74 Å². The predicted octanol–water partition coefficient (Wildman–Crippen LogP) is 2.13. The van der Waals surface area contributed by atoms with Crippen LogP contribution in [0.1, 0.15) is 11.3 Å². The summed E-state index contributed by atoms with van der Waals surface area (Å²) in [4.78, 5) is 18.9. The Balaban J connectivity index is 0.00000200. The van der Waals surface area contributed by atoms with Crippen LogP contribution in [0.15, 0.2) is 42.9 Å². The summed E-state index contributed by atoms with van der Waals surface area (Å²) < 4.78 is 5.29. The van der Waals surface area contributed by atoms with Crippen molar-refractivity contribution < 1.29 is 9.53 Å². The average Bonchev–Trinajstić information content (AvgIpc) is 2.96. The summed E-state index contributed by atoms with van der Waals surface area (Å²) >= 11 is 0. The fourth-order valence-electron chi connectivity index (χ4n) is 1.74. The molecule has 0 spiro atoms. The molecule has 2 rings (SSSR count). The third-order valence-corrected chi connectivity index (χ3v) is 2.83. The number of aromatic amines is 1. The van der Waals surface area contributed by atoms with Gasteiger partial charge in [0.2, 0.25) is 0 Å². The molecule has 5 nitrogen and oxygen atoms in total. The van der Waals surface area contributed by atoms with Crippen molar-refractivity contribution in [2.75, 3.05) is 7.05 Å². The normalized spacial score (nSPS) is 10.9. The predicted molar refractivity (Wildman–Crippen MR) is 85.9 cm³/mol. The Morgan fingerprint density at radius 3 is 2.62 bits per heavy atom. The van der Waals surface area contributed by atoms with Crippen molar-refractivity contribution in [3.8, 4) is 0 Å². The molecule has 0 aliphatic heterocycles. The Kier molecular flexibility index (Phi) is 9.45. The van der Waals surface area contributed by atoms with Crippen LogP contribution in [0.3, 0.4) is 0 Å². The molecule has 1 aromatic heterocycles. The smallest absolute Gasteiger partial charge is 0.323 e. The maximum Gasteiger partial charge on any atom is 0.323 e. The number of likely N-dealkylation sites (N-methyl/N-ethyl adjacent to an activating group) is 1. The zero-order valence-corrected chi connectivity index (χ0v) is 13.2. The first-order chi connectivity index (χ1) is 9.29. The third kappa shape index (κ3) is 6.16. The highest BCUT2D eigenvalue weighted by Crippen LogP contribution is 2.04. The Hall–Kier alpha value is -1.56. The van der Waals surface area contributed by atoms with Crippen LogP contribution in [-0.4, -0.2) is 29.0 Å². The summed E-state index contributed by atoms with van der Waals surface area (Å²) in [6.07, 6.45) is 3.87. The maximum atomic E-state index is 12.0. The first-order valence-electron chi connectivity index (χ1n) is 6.15. The Labute approximate surface area is 136 Å². The van der Waals surface area contributed by atoms with Gasteiger partial charge in [-0.2, -0.15) is 0 Å². The van der Waals surface area contributed by atoms with E-state index < -0.39 is 0 Å². The van der Waals surface area contributed by atoms with Crippen molar-refractivity contribution in [3.63, 3.8) is 0 Å². The van der Waals surface area contributed by atoms with Crippen molar-refractivity contribution in [2.45, 2.75) is 19.1 Å². The molecule has 0 bridgehead atoms. The van der Waals surface area contributed by atoms with Crippen molar-refractivity contribution in [1.82, 2.24) is 15.3 Å². The molecule has 0 amide bonds. The molecule has 0 saturated carbocycles. The van der Waals surface area contributed by atoms with Crippen molar-refractivity contribution in [2.24, 2.45) is 0 Å². The molecule has 0 radical (unpaired) electrons. The molecule has 116 valence electrons. The number of H-pyrrole nitrogens is 1. The number of hydrogen-bond acceptors (Lipinski definition) is 4. The number of benzene rings is 1. The number of aromatic nitrogens is 2. The number of ether oxygens (including phenoxy) is 1. The SMILES string of the molecule is CN[C@@H](Cc1c[nH]cn1)C(=O)OCc1ccccc1.Cl.Cl. The van der Waals surface area contributed by atoms with Crippen molar-refractivity contribution >= 4 is 30.8 Å². The number of esters is 1. The molecule has 0 aliphatic carbocycles. The van der Waals surface area contributed by atoms with Crippen LogP contribution in [0.2, 0.25) is 0 Å². The first-order valence-corrected chi connectivity index (χ1v) is 6.15.